The topological polar surface area (TPSA) is 60.4 Å². The zero-order valence-corrected chi connectivity index (χ0v) is 9.32. The maximum absolute atomic E-state index is 11.0. The van der Waals surface area contributed by atoms with E-state index < -0.39 is 10.1 Å². The van der Waals surface area contributed by atoms with Crippen LogP contribution in [-0.4, -0.2) is 21.0 Å². The highest BCUT2D eigenvalue weighted by molar-refractivity contribution is 7.86. The average Bonchev–Trinajstić information content (AvgIpc) is 2.15. The SMILES string of the molecule is CC(C=O)c1ccccc1OS(C)(=O)=O. The molecule has 0 N–H and O–H groups in total. The number of hydrogen-bond acceptors (Lipinski definition) is 4. The number of hydrogen-bond donors (Lipinski definition) is 0. The second-order valence-electron chi connectivity index (χ2n) is 3.25. The molecule has 0 amide bonds. The molecule has 0 aliphatic heterocycles. The van der Waals surface area contributed by atoms with Crippen molar-refractivity contribution in [3.63, 3.8) is 0 Å². The van der Waals surface area contributed by atoms with E-state index in [9.17, 15) is 13.2 Å². The van der Waals surface area contributed by atoms with Crippen molar-refractivity contribution in [3.05, 3.63) is 29.8 Å². The molecule has 5 heteroatoms. The summed E-state index contributed by atoms with van der Waals surface area (Å²) in [4.78, 5) is 10.6. The smallest absolute Gasteiger partial charge is 0.306 e. The van der Waals surface area contributed by atoms with Gasteiger partial charge in [-0.1, -0.05) is 25.1 Å². The first-order chi connectivity index (χ1) is 6.94. The summed E-state index contributed by atoms with van der Waals surface area (Å²) in [6.45, 7) is 1.68. The maximum Gasteiger partial charge on any atom is 0.306 e. The molecule has 0 spiro atoms. The Labute approximate surface area is 89.0 Å². The maximum atomic E-state index is 11.0. The van der Waals surface area contributed by atoms with Gasteiger partial charge in [0.2, 0.25) is 0 Å². The number of para-hydroxylation sites is 1. The highest BCUT2D eigenvalue weighted by Crippen LogP contribution is 2.25. The van der Waals surface area contributed by atoms with Crippen LogP contribution in [0.2, 0.25) is 0 Å². The highest BCUT2D eigenvalue weighted by Gasteiger charge is 2.13. The summed E-state index contributed by atoms with van der Waals surface area (Å²) < 4.78 is 26.7. The molecular weight excluding hydrogens is 216 g/mol. The lowest BCUT2D eigenvalue weighted by atomic mass is 10.0. The van der Waals surface area contributed by atoms with E-state index in [1.54, 1.807) is 25.1 Å². The van der Waals surface area contributed by atoms with Gasteiger partial charge in [0.15, 0.2) is 0 Å². The van der Waals surface area contributed by atoms with E-state index in [1.807, 2.05) is 0 Å². The van der Waals surface area contributed by atoms with E-state index in [0.29, 0.717) is 5.56 Å². The Bertz CT molecular complexity index is 450. The van der Waals surface area contributed by atoms with Gasteiger partial charge in [-0.05, 0) is 6.07 Å². The third-order valence-electron chi connectivity index (χ3n) is 1.85. The van der Waals surface area contributed by atoms with Gasteiger partial charge >= 0.3 is 10.1 Å². The number of carbonyl (C=O) groups excluding carboxylic acids is 1. The minimum absolute atomic E-state index is 0.208. The Kier molecular flexibility index (Phi) is 3.47. The summed E-state index contributed by atoms with van der Waals surface area (Å²) in [6, 6.07) is 6.57. The molecule has 0 radical (unpaired) electrons. The lowest BCUT2D eigenvalue weighted by Gasteiger charge is -2.10. The van der Waals surface area contributed by atoms with Crippen LogP contribution in [0, 0.1) is 0 Å². The molecule has 1 aromatic carbocycles. The van der Waals surface area contributed by atoms with E-state index in [1.165, 1.54) is 6.07 Å². The van der Waals surface area contributed by atoms with Gasteiger partial charge in [0.05, 0.1) is 6.26 Å². The monoisotopic (exact) mass is 228 g/mol. The number of rotatable bonds is 4. The van der Waals surface area contributed by atoms with Crippen molar-refractivity contribution >= 4 is 16.4 Å². The molecule has 1 rings (SSSR count). The first-order valence-corrected chi connectivity index (χ1v) is 6.19. The molecular formula is C10H12O4S. The van der Waals surface area contributed by atoms with Crippen molar-refractivity contribution in [2.75, 3.05) is 6.26 Å². The summed E-state index contributed by atoms with van der Waals surface area (Å²) in [5, 5.41) is 0. The van der Waals surface area contributed by atoms with Crippen molar-refractivity contribution in [2.45, 2.75) is 12.8 Å². The van der Waals surface area contributed by atoms with Crippen molar-refractivity contribution in [3.8, 4) is 5.75 Å². The van der Waals surface area contributed by atoms with Crippen LogP contribution in [0.4, 0.5) is 0 Å². The van der Waals surface area contributed by atoms with Crippen LogP contribution < -0.4 is 4.18 Å². The fraction of sp³-hybridized carbons (Fsp3) is 0.300. The van der Waals surface area contributed by atoms with Gasteiger partial charge in [0.25, 0.3) is 0 Å². The molecule has 0 saturated carbocycles. The number of benzene rings is 1. The molecule has 82 valence electrons. The summed E-state index contributed by atoms with van der Waals surface area (Å²) in [6.07, 6.45) is 1.71. The second kappa shape index (κ2) is 4.44. The molecule has 0 fully saturated rings. The predicted molar refractivity (Wildman–Crippen MR) is 56.4 cm³/mol. The van der Waals surface area contributed by atoms with Crippen molar-refractivity contribution in [1.29, 1.82) is 0 Å². The summed E-state index contributed by atoms with van der Waals surface area (Å²) in [5.41, 5.74) is 0.568. The van der Waals surface area contributed by atoms with Crippen LogP contribution in [0.15, 0.2) is 24.3 Å². The molecule has 0 aliphatic rings. The van der Waals surface area contributed by atoms with Crippen LogP contribution in [0.5, 0.6) is 5.75 Å². The van der Waals surface area contributed by atoms with Crippen LogP contribution in [0.25, 0.3) is 0 Å². The Morgan fingerprint density at radius 2 is 1.93 bits per heavy atom. The van der Waals surface area contributed by atoms with Gasteiger partial charge < -0.3 is 8.98 Å². The average molecular weight is 228 g/mol. The Morgan fingerprint density at radius 3 is 2.47 bits per heavy atom. The molecule has 0 aromatic heterocycles. The van der Waals surface area contributed by atoms with Crippen LogP contribution >= 0.6 is 0 Å². The van der Waals surface area contributed by atoms with Gasteiger partial charge in [-0.3, -0.25) is 0 Å². The molecule has 0 aliphatic carbocycles. The fourth-order valence-corrected chi connectivity index (χ4v) is 1.65. The Morgan fingerprint density at radius 1 is 1.33 bits per heavy atom. The first kappa shape index (κ1) is 11.7. The molecule has 15 heavy (non-hydrogen) atoms. The van der Waals surface area contributed by atoms with Gasteiger partial charge in [0, 0.05) is 11.5 Å². The van der Waals surface area contributed by atoms with Crippen LogP contribution in [0.1, 0.15) is 18.4 Å². The standard InChI is InChI=1S/C10H12O4S/c1-8(7-11)9-5-3-4-6-10(9)14-15(2,12)13/h3-8H,1-2H3. The predicted octanol–water partition coefficient (Wildman–Crippen LogP) is 1.33. The molecule has 0 heterocycles. The molecule has 0 saturated heterocycles. The molecule has 1 atom stereocenters. The summed E-state index contributed by atoms with van der Waals surface area (Å²) >= 11 is 0. The molecule has 4 nitrogen and oxygen atoms in total. The zero-order chi connectivity index (χ0) is 11.5. The number of aldehydes is 1. The Balaban J connectivity index is 3.12. The normalized spacial score (nSPS) is 13.2. The molecule has 1 aromatic rings. The van der Waals surface area contributed by atoms with Gasteiger partial charge in [0.1, 0.15) is 12.0 Å². The number of carbonyl (C=O) groups is 1. The second-order valence-corrected chi connectivity index (χ2v) is 4.82. The van der Waals surface area contributed by atoms with Crippen molar-refractivity contribution < 1.29 is 17.4 Å². The lowest BCUT2D eigenvalue weighted by Crippen LogP contribution is -2.08. The lowest BCUT2D eigenvalue weighted by molar-refractivity contribution is -0.108. The van der Waals surface area contributed by atoms with Gasteiger partial charge in [-0.15, -0.1) is 0 Å². The quantitative estimate of drug-likeness (QED) is 0.576. The fourth-order valence-electron chi connectivity index (χ4n) is 1.17. The first-order valence-electron chi connectivity index (χ1n) is 4.37. The Hall–Kier alpha value is -1.36. The van der Waals surface area contributed by atoms with E-state index >= 15 is 0 Å². The molecule has 1 unspecified atom stereocenters. The van der Waals surface area contributed by atoms with Crippen molar-refractivity contribution in [1.82, 2.24) is 0 Å². The van der Waals surface area contributed by atoms with Crippen LogP contribution in [-0.2, 0) is 14.9 Å². The minimum Gasteiger partial charge on any atom is -0.382 e. The van der Waals surface area contributed by atoms with E-state index in [4.69, 9.17) is 4.18 Å². The highest BCUT2D eigenvalue weighted by atomic mass is 32.2. The van der Waals surface area contributed by atoms with Crippen molar-refractivity contribution in [2.24, 2.45) is 0 Å². The van der Waals surface area contributed by atoms with Gasteiger partial charge in [-0.2, -0.15) is 8.42 Å². The summed E-state index contributed by atoms with van der Waals surface area (Å²) in [5.74, 6) is -0.178. The van der Waals surface area contributed by atoms with E-state index in [-0.39, 0.29) is 11.7 Å². The summed E-state index contributed by atoms with van der Waals surface area (Å²) in [7, 11) is -3.56. The minimum atomic E-state index is -3.56. The third kappa shape index (κ3) is 3.36. The van der Waals surface area contributed by atoms with Crippen LogP contribution in [0.3, 0.4) is 0 Å². The van der Waals surface area contributed by atoms with E-state index in [0.717, 1.165) is 12.5 Å². The zero-order valence-electron chi connectivity index (χ0n) is 8.51. The molecule has 0 bridgehead atoms. The van der Waals surface area contributed by atoms with Gasteiger partial charge in [-0.25, -0.2) is 0 Å². The van der Waals surface area contributed by atoms with E-state index in [2.05, 4.69) is 0 Å². The largest absolute Gasteiger partial charge is 0.382 e. The third-order valence-corrected chi connectivity index (χ3v) is 2.34.